The Balaban J connectivity index is 2.30. The Morgan fingerprint density at radius 1 is 1.12 bits per heavy atom. The molecule has 0 aromatic carbocycles. The second-order valence-corrected chi connectivity index (χ2v) is 5.70. The first-order chi connectivity index (χ1) is 7.77. The van der Waals surface area contributed by atoms with Crippen molar-refractivity contribution in [3.05, 3.63) is 0 Å². The average Bonchev–Trinajstić information content (AvgIpc) is 2.29. The van der Waals surface area contributed by atoms with Crippen LogP contribution in [0.4, 0.5) is 0 Å². The SMILES string of the molecule is CCC[C@H](CCCOC)C1CCC(C)CC1. The first-order valence-corrected chi connectivity index (χ1v) is 7.26. The number of rotatable bonds is 7. The van der Waals surface area contributed by atoms with Gasteiger partial charge in [0.25, 0.3) is 0 Å². The smallest absolute Gasteiger partial charge is 0.0462 e. The Morgan fingerprint density at radius 3 is 2.38 bits per heavy atom. The van der Waals surface area contributed by atoms with Crippen LogP contribution in [0.5, 0.6) is 0 Å². The third-order valence-corrected chi connectivity index (χ3v) is 4.31. The van der Waals surface area contributed by atoms with E-state index >= 15 is 0 Å². The van der Waals surface area contributed by atoms with Gasteiger partial charge in [-0.25, -0.2) is 0 Å². The first kappa shape index (κ1) is 14.0. The molecular formula is C15H30O. The number of hydrogen-bond donors (Lipinski definition) is 0. The highest BCUT2D eigenvalue weighted by Gasteiger charge is 2.24. The summed E-state index contributed by atoms with van der Waals surface area (Å²) in [6.45, 7) is 5.69. The topological polar surface area (TPSA) is 9.23 Å². The normalized spacial score (nSPS) is 27.9. The van der Waals surface area contributed by atoms with Gasteiger partial charge in [0.05, 0.1) is 0 Å². The van der Waals surface area contributed by atoms with Crippen molar-refractivity contribution in [1.82, 2.24) is 0 Å². The van der Waals surface area contributed by atoms with Crippen LogP contribution in [0.15, 0.2) is 0 Å². The molecule has 0 saturated heterocycles. The third kappa shape index (κ3) is 4.86. The molecule has 0 aliphatic heterocycles. The zero-order chi connectivity index (χ0) is 11.8. The molecule has 0 N–H and O–H groups in total. The van der Waals surface area contributed by atoms with Crippen LogP contribution in [-0.2, 0) is 4.74 Å². The highest BCUT2D eigenvalue weighted by Crippen LogP contribution is 2.37. The van der Waals surface area contributed by atoms with Gasteiger partial charge in [0.15, 0.2) is 0 Å². The van der Waals surface area contributed by atoms with Crippen LogP contribution in [0.25, 0.3) is 0 Å². The van der Waals surface area contributed by atoms with E-state index in [9.17, 15) is 0 Å². The van der Waals surface area contributed by atoms with Crippen molar-refractivity contribution in [3.8, 4) is 0 Å². The predicted molar refractivity (Wildman–Crippen MR) is 70.6 cm³/mol. The molecule has 0 spiro atoms. The molecule has 0 unspecified atom stereocenters. The van der Waals surface area contributed by atoms with Crippen LogP contribution in [0.3, 0.4) is 0 Å². The van der Waals surface area contributed by atoms with Gasteiger partial charge in [-0.3, -0.25) is 0 Å². The molecular weight excluding hydrogens is 196 g/mol. The summed E-state index contributed by atoms with van der Waals surface area (Å²) in [5.41, 5.74) is 0. The van der Waals surface area contributed by atoms with Crippen molar-refractivity contribution in [2.45, 2.75) is 65.2 Å². The summed E-state index contributed by atoms with van der Waals surface area (Å²) >= 11 is 0. The summed E-state index contributed by atoms with van der Waals surface area (Å²) < 4.78 is 5.17. The lowest BCUT2D eigenvalue weighted by Gasteiger charge is -2.32. The molecule has 1 saturated carbocycles. The Hall–Kier alpha value is -0.0400. The van der Waals surface area contributed by atoms with E-state index in [0.29, 0.717) is 0 Å². The van der Waals surface area contributed by atoms with Gasteiger partial charge in [-0.1, -0.05) is 39.5 Å². The van der Waals surface area contributed by atoms with Gasteiger partial charge < -0.3 is 4.74 Å². The highest BCUT2D eigenvalue weighted by molar-refractivity contribution is 4.76. The van der Waals surface area contributed by atoms with Crippen molar-refractivity contribution >= 4 is 0 Å². The second kappa shape index (κ2) is 8.11. The molecule has 1 heteroatoms. The van der Waals surface area contributed by atoms with E-state index in [1.807, 2.05) is 7.11 Å². The molecule has 0 amide bonds. The van der Waals surface area contributed by atoms with Crippen molar-refractivity contribution in [2.24, 2.45) is 17.8 Å². The van der Waals surface area contributed by atoms with E-state index in [1.165, 1.54) is 51.4 Å². The monoisotopic (exact) mass is 226 g/mol. The summed E-state index contributed by atoms with van der Waals surface area (Å²) in [6.07, 6.45) is 11.3. The summed E-state index contributed by atoms with van der Waals surface area (Å²) in [6, 6.07) is 0. The molecule has 1 fully saturated rings. The Bertz CT molecular complexity index is 159. The number of hydrogen-bond acceptors (Lipinski definition) is 1. The van der Waals surface area contributed by atoms with E-state index in [4.69, 9.17) is 4.74 Å². The van der Waals surface area contributed by atoms with Crippen LogP contribution in [-0.4, -0.2) is 13.7 Å². The summed E-state index contributed by atoms with van der Waals surface area (Å²) in [7, 11) is 1.82. The number of methoxy groups -OCH3 is 1. The standard InChI is InChI=1S/C15H30O/c1-4-6-14(7-5-12-16-3)15-10-8-13(2)9-11-15/h13-15H,4-12H2,1-3H3/t13?,14-,15?/m1/s1. The highest BCUT2D eigenvalue weighted by atomic mass is 16.5. The minimum atomic E-state index is 0.948. The molecule has 0 radical (unpaired) electrons. The second-order valence-electron chi connectivity index (χ2n) is 5.70. The van der Waals surface area contributed by atoms with Crippen LogP contribution >= 0.6 is 0 Å². The lowest BCUT2D eigenvalue weighted by atomic mass is 9.73. The third-order valence-electron chi connectivity index (χ3n) is 4.31. The van der Waals surface area contributed by atoms with Gasteiger partial charge in [0, 0.05) is 13.7 Å². The quantitative estimate of drug-likeness (QED) is 0.574. The van der Waals surface area contributed by atoms with E-state index in [-0.39, 0.29) is 0 Å². The fraction of sp³-hybridized carbons (Fsp3) is 1.00. The molecule has 0 bridgehead atoms. The van der Waals surface area contributed by atoms with Gasteiger partial charge >= 0.3 is 0 Å². The molecule has 1 aliphatic carbocycles. The molecule has 1 nitrogen and oxygen atoms in total. The lowest BCUT2D eigenvalue weighted by Crippen LogP contribution is -2.21. The van der Waals surface area contributed by atoms with Crippen LogP contribution in [0, 0.1) is 17.8 Å². The average molecular weight is 226 g/mol. The van der Waals surface area contributed by atoms with Gasteiger partial charge in [-0.05, 0) is 43.4 Å². The summed E-state index contributed by atoms with van der Waals surface area (Å²) in [5, 5.41) is 0. The molecule has 1 aliphatic rings. The zero-order valence-electron chi connectivity index (χ0n) is 11.5. The van der Waals surface area contributed by atoms with Crippen molar-refractivity contribution < 1.29 is 4.74 Å². The van der Waals surface area contributed by atoms with Crippen LogP contribution in [0.2, 0.25) is 0 Å². The molecule has 96 valence electrons. The van der Waals surface area contributed by atoms with Crippen molar-refractivity contribution in [1.29, 1.82) is 0 Å². The largest absolute Gasteiger partial charge is 0.385 e. The number of ether oxygens (including phenoxy) is 1. The zero-order valence-corrected chi connectivity index (χ0v) is 11.5. The Kier molecular flexibility index (Phi) is 7.11. The molecule has 0 aromatic rings. The van der Waals surface area contributed by atoms with Crippen molar-refractivity contribution in [2.75, 3.05) is 13.7 Å². The summed E-state index contributed by atoms with van der Waals surface area (Å²) in [4.78, 5) is 0. The maximum absolute atomic E-state index is 5.17. The van der Waals surface area contributed by atoms with E-state index in [1.54, 1.807) is 0 Å². The fourth-order valence-electron chi connectivity index (χ4n) is 3.23. The van der Waals surface area contributed by atoms with E-state index in [0.717, 1.165) is 24.4 Å². The van der Waals surface area contributed by atoms with E-state index in [2.05, 4.69) is 13.8 Å². The molecule has 1 atom stereocenters. The van der Waals surface area contributed by atoms with E-state index < -0.39 is 0 Å². The van der Waals surface area contributed by atoms with Gasteiger partial charge in [-0.15, -0.1) is 0 Å². The molecule has 16 heavy (non-hydrogen) atoms. The van der Waals surface area contributed by atoms with Gasteiger partial charge in [0.1, 0.15) is 0 Å². The fourth-order valence-corrected chi connectivity index (χ4v) is 3.23. The minimum absolute atomic E-state index is 0.948. The lowest BCUT2D eigenvalue weighted by molar-refractivity contribution is 0.156. The maximum Gasteiger partial charge on any atom is 0.0462 e. The van der Waals surface area contributed by atoms with Gasteiger partial charge in [0.2, 0.25) is 0 Å². The van der Waals surface area contributed by atoms with Crippen LogP contribution < -0.4 is 0 Å². The first-order valence-electron chi connectivity index (χ1n) is 7.26. The Morgan fingerprint density at radius 2 is 1.81 bits per heavy atom. The Labute approximate surface area is 102 Å². The molecule has 0 aromatic heterocycles. The van der Waals surface area contributed by atoms with Gasteiger partial charge in [-0.2, -0.15) is 0 Å². The summed E-state index contributed by atoms with van der Waals surface area (Å²) in [5.74, 6) is 2.98. The molecule has 1 rings (SSSR count). The van der Waals surface area contributed by atoms with Crippen LogP contribution in [0.1, 0.15) is 65.2 Å². The van der Waals surface area contributed by atoms with Crippen molar-refractivity contribution in [3.63, 3.8) is 0 Å². The predicted octanol–water partition coefficient (Wildman–Crippen LogP) is 4.66. The maximum atomic E-state index is 5.17. The minimum Gasteiger partial charge on any atom is -0.385 e. The molecule has 0 heterocycles.